The highest BCUT2D eigenvalue weighted by atomic mass is 32.2. The lowest BCUT2D eigenvalue weighted by Gasteiger charge is -2.16. The normalized spacial score (nSPS) is 25.5. The molecule has 35 heavy (non-hydrogen) atoms. The summed E-state index contributed by atoms with van der Waals surface area (Å²) in [6.07, 6.45) is 8.58. The number of thiazole rings is 1. The number of hydrogen-bond donors (Lipinski definition) is 1. The standard InChI is InChI=1S/C24H25N5O4S2/c1-34-16-9-25-23(26-10-16)27-15-4-2-13(6-15)7-21-28-17-5-3-14(8-20(17)35-21)22(30)29-11-18-19(12-29)33-24(31)32-18/h3,5,8-10,13,15,18-19H,2,4,6-7,11-12H2,1H3,(H,25,26,27)/t13-,15-,18-,19+/m0/s1. The number of carbonyl (C=O) groups excluding carboxylic acids is 2. The third-order valence-electron chi connectivity index (χ3n) is 6.88. The van der Waals surface area contributed by atoms with E-state index < -0.39 is 6.16 Å². The first-order valence-electron chi connectivity index (χ1n) is 11.7. The highest BCUT2D eigenvalue weighted by molar-refractivity contribution is 7.98. The smallest absolute Gasteiger partial charge is 0.425 e. The summed E-state index contributed by atoms with van der Waals surface area (Å²) in [6.45, 7) is 0.732. The number of fused-ring (bicyclic) bond motifs is 2. The molecule has 1 aromatic carbocycles. The molecular formula is C24H25N5O4S2. The Morgan fingerprint density at radius 1 is 1.20 bits per heavy atom. The van der Waals surface area contributed by atoms with E-state index in [1.54, 1.807) is 28.0 Å². The Balaban J connectivity index is 1.07. The maximum atomic E-state index is 13.0. The van der Waals surface area contributed by atoms with Crippen LogP contribution in [0.25, 0.3) is 10.2 Å². The van der Waals surface area contributed by atoms with Crippen LogP contribution in [0.3, 0.4) is 0 Å². The zero-order valence-corrected chi connectivity index (χ0v) is 20.8. The van der Waals surface area contributed by atoms with Crippen LogP contribution in [0, 0.1) is 5.92 Å². The molecule has 4 atom stereocenters. The number of anilines is 1. The number of likely N-dealkylation sites (tertiary alicyclic amines) is 1. The number of ether oxygens (including phenoxy) is 2. The zero-order valence-electron chi connectivity index (χ0n) is 19.2. The second-order valence-corrected chi connectivity index (χ2v) is 11.2. The summed E-state index contributed by atoms with van der Waals surface area (Å²) in [6, 6.07) is 6.05. The van der Waals surface area contributed by atoms with Gasteiger partial charge in [0.05, 0.1) is 28.3 Å². The van der Waals surface area contributed by atoms with Crippen molar-refractivity contribution in [2.45, 2.75) is 48.8 Å². The minimum Gasteiger partial charge on any atom is -0.425 e. The van der Waals surface area contributed by atoms with Crippen LogP contribution in [0.5, 0.6) is 0 Å². The van der Waals surface area contributed by atoms with Crippen LogP contribution in [0.1, 0.15) is 34.6 Å². The Hall–Kier alpha value is -2.92. The Morgan fingerprint density at radius 2 is 1.97 bits per heavy atom. The predicted molar refractivity (Wildman–Crippen MR) is 133 cm³/mol. The van der Waals surface area contributed by atoms with E-state index in [9.17, 15) is 9.59 Å². The van der Waals surface area contributed by atoms with E-state index in [1.165, 1.54) is 0 Å². The number of carbonyl (C=O) groups is 2. The molecule has 2 aromatic heterocycles. The van der Waals surface area contributed by atoms with Crippen molar-refractivity contribution >= 4 is 51.3 Å². The predicted octanol–water partition coefficient (Wildman–Crippen LogP) is 3.99. The summed E-state index contributed by atoms with van der Waals surface area (Å²) < 4.78 is 11.2. The minimum absolute atomic E-state index is 0.0756. The molecule has 0 unspecified atom stereocenters. The SMILES string of the molecule is CSc1cnc(N[C@H]2CC[C@H](Cc3nc4ccc(C(=O)N5C[C@@H]6OC(=O)O[C@@H]6C5)cc4s3)C2)nc1. The van der Waals surface area contributed by atoms with Gasteiger partial charge < -0.3 is 19.7 Å². The van der Waals surface area contributed by atoms with Gasteiger partial charge in [0.2, 0.25) is 5.95 Å². The maximum Gasteiger partial charge on any atom is 0.509 e. The van der Waals surface area contributed by atoms with Crippen LogP contribution < -0.4 is 5.32 Å². The van der Waals surface area contributed by atoms with Gasteiger partial charge >= 0.3 is 6.16 Å². The lowest BCUT2D eigenvalue weighted by Crippen LogP contribution is -2.31. The van der Waals surface area contributed by atoms with E-state index in [-0.39, 0.29) is 18.1 Å². The molecule has 1 saturated carbocycles. The molecule has 9 nitrogen and oxygen atoms in total. The number of hydrogen-bond acceptors (Lipinski definition) is 10. The highest BCUT2D eigenvalue weighted by Crippen LogP contribution is 2.33. The fourth-order valence-corrected chi connectivity index (χ4v) is 6.54. The lowest BCUT2D eigenvalue weighted by molar-refractivity contribution is 0.0673. The largest absolute Gasteiger partial charge is 0.509 e. The summed E-state index contributed by atoms with van der Waals surface area (Å²) in [4.78, 5) is 40.6. The van der Waals surface area contributed by atoms with E-state index >= 15 is 0 Å². The molecule has 0 radical (unpaired) electrons. The van der Waals surface area contributed by atoms with Gasteiger partial charge in [-0.1, -0.05) is 0 Å². The first-order chi connectivity index (χ1) is 17.0. The molecule has 6 rings (SSSR count). The summed E-state index contributed by atoms with van der Waals surface area (Å²) in [5.74, 6) is 1.18. The highest BCUT2D eigenvalue weighted by Gasteiger charge is 2.45. The van der Waals surface area contributed by atoms with Gasteiger partial charge in [-0.2, -0.15) is 0 Å². The molecule has 3 aromatic rings. The first kappa shape index (κ1) is 22.5. The van der Waals surface area contributed by atoms with Gasteiger partial charge in [0.15, 0.2) is 12.2 Å². The molecule has 182 valence electrons. The second kappa shape index (κ2) is 9.27. The average molecular weight is 512 g/mol. The summed E-state index contributed by atoms with van der Waals surface area (Å²) in [5.41, 5.74) is 1.55. The Kier molecular flexibility index (Phi) is 5.97. The fraction of sp³-hybridized carbons (Fsp3) is 0.458. The molecule has 3 aliphatic rings. The monoisotopic (exact) mass is 511 g/mol. The van der Waals surface area contributed by atoms with Crippen molar-refractivity contribution in [2.24, 2.45) is 5.92 Å². The van der Waals surface area contributed by atoms with E-state index in [2.05, 4.69) is 15.3 Å². The van der Waals surface area contributed by atoms with Gasteiger partial charge in [-0.05, 0) is 49.6 Å². The Bertz CT molecular complexity index is 1250. The number of thioether (sulfide) groups is 1. The Labute approximate surface area is 210 Å². The number of nitrogens with zero attached hydrogens (tertiary/aromatic N) is 4. The topological polar surface area (TPSA) is 107 Å². The second-order valence-electron chi connectivity index (χ2n) is 9.23. The molecule has 11 heteroatoms. The van der Waals surface area contributed by atoms with Crippen LogP contribution in [0.15, 0.2) is 35.5 Å². The van der Waals surface area contributed by atoms with Crippen LogP contribution >= 0.6 is 23.1 Å². The van der Waals surface area contributed by atoms with Crippen molar-refractivity contribution in [2.75, 3.05) is 24.7 Å². The van der Waals surface area contributed by atoms with Crippen LogP contribution in [-0.4, -0.2) is 69.5 Å². The molecular weight excluding hydrogens is 486 g/mol. The van der Waals surface area contributed by atoms with Crippen LogP contribution in [0.4, 0.5) is 10.7 Å². The van der Waals surface area contributed by atoms with E-state index in [0.29, 0.717) is 36.6 Å². The zero-order chi connectivity index (χ0) is 23.9. The molecule has 2 saturated heterocycles. The third-order valence-corrected chi connectivity index (χ3v) is 8.60. The van der Waals surface area contributed by atoms with E-state index in [0.717, 1.165) is 45.8 Å². The van der Waals surface area contributed by atoms with E-state index in [4.69, 9.17) is 14.5 Å². The van der Waals surface area contributed by atoms with Crippen molar-refractivity contribution in [3.05, 3.63) is 41.2 Å². The van der Waals surface area contributed by atoms with Crippen molar-refractivity contribution in [1.29, 1.82) is 0 Å². The number of nitrogens with one attached hydrogen (secondary N) is 1. The molecule has 1 N–H and O–H groups in total. The van der Waals surface area contributed by atoms with Crippen molar-refractivity contribution in [1.82, 2.24) is 19.9 Å². The van der Waals surface area contributed by atoms with Crippen molar-refractivity contribution in [3.63, 3.8) is 0 Å². The average Bonchev–Trinajstić information content (AvgIpc) is 3.62. The quantitative estimate of drug-likeness (QED) is 0.388. The summed E-state index contributed by atoms with van der Waals surface area (Å²) in [7, 11) is 0. The van der Waals surface area contributed by atoms with Gasteiger partial charge in [-0.15, -0.1) is 23.1 Å². The molecule has 1 amide bonds. The van der Waals surface area contributed by atoms with Gasteiger partial charge in [-0.3, -0.25) is 4.79 Å². The first-order valence-corrected chi connectivity index (χ1v) is 13.8. The van der Waals surface area contributed by atoms with Gasteiger partial charge in [0.25, 0.3) is 5.91 Å². The van der Waals surface area contributed by atoms with Crippen molar-refractivity contribution in [3.8, 4) is 0 Å². The lowest BCUT2D eigenvalue weighted by atomic mass is 10.0. The number of rotatable bonds is 6. The fourth-order valence-electron chi connectivity index (χ4n) is 5.10. The maximum absolute atomic E-state index is 13.0. The Morgan fingerprint density at radius 3 is 2.71 bits per heavy atom. The van der Waals surface area contributed by atoms with Crippen LogP contribution in [-0.2, 0) is 15.9 Å². The van der Waals surface area contributed by atoms with Gasteiger partial charge in [0, 0.05) is 35.3 Å². The molecule has 0 bridgehead atoms. The third kappa shape index (κ3) is 4.66. The molecule has 0 spiro atoms. The number of aromatic nitrogens is 3. The minimum atomic E-state index is -0.645. The van der Waals surface area contributed by atoms with E-state index in [1.807, 2.05) is 36.8 Å². The van der Waals surface area contributed by atoms with Crippen LogP contribution in [0.2, 0.25) is 0 Å². The summed E-state index contributed by atoms with van der Waals surface area (Å²) in [5, 5.41) is 4.57. The molecule has 2 aliphatic heterocycles. The van der Waals surface area contributed by atoms with Gasteiger partial charge in [-0.25, -0.2) is 19.7 Å². The molecule has 4 heterocycles. The summed E-state index contributed by atoms with van der Waals surface area (Å²) >= 11 is 3.30. The van der Waals surface area contributed by atoms with Gasteiger partial charge in [0.1, 0.15) is 0 Å². The number of benzene rings is 1. The molecule has 1 aliphatic carbocycles. The van der Waals surface area contributed by atoms with Crippen molar-refractivity contribution < 1.29 is 19.1 Å². The number of amides is 1. The molecule has 3 fully saturated rings.